The number of benzene rings is 1. The molecule has 23 heavy (non-hydrogen) atoms. The first-order chi connectivity index (χ1) is 11.2. The van der Waals surface area contributed by atoms with E-state index >= 15 is 0 Å². The third kappa shape index (κ3) is 5.87. The Morgan fingerprint density at radius 1 is 1.22 bits per heavy atom. The van der Waals surface area contributed by atoms with Gasteiger partial charge < -0.3 is 14.7 Å². The molecule has 128 valence electrons. The van der Waals surface area contributed by atoms with E-state index in [1.165, 1.54) is 24.0 Å². The summed E-state index contributed by atoms with van der Waals surface area (Å²) in [6.45, 7) is 5.86. The SMILES string of the molecule is CCCCCOc1cccc2c1CCN(CCCC(=O)O)CC2. The average molecular weight is 319 g/mol. The standard InChI is InChI=1S/C19H29NO3/c1-2-3-4-15-23-18-8-5-7-16-10-13-20(14-11-17(16)18)12-6-9-19(21)22/h5,7-8H,2-4,6,9-15H2,1H3,(H,21,22). The first kappa shape index (κ1) is 17.8. The smallest absolute Gasteiger partial charge is 0.303 e. The number of nitrogens with zero attached hydrogens (tertiary/aromatic N) is 1. The number of carboxylic acid groups (broad SMARTS) is 1. The van der Waals surface area contributed by atoms with Crippen LogP contribution in [0.1, 0.15) is 50.2 Å². The van der Waals surface area contributed by atoms with Crippen molar-refractivity contribution in [1.82, 2.24) is 4.90 Å². The van der Waals surface area contributed by atoms with Crippen molar-refractivity contribution < 1.29 is 14.6 Å². The molecule has 0 radical (unpaired) electrons. The summed E-state index contributed by atoms with van der Waals surface area (Å²) in [5.41, 5.74) is 2.74. The molecule has 1 N–H and O–H groups in total. The summed E-state index contributed by atoms with van der Waals surface area (Å²) in [6, 6.07) is 6.38. The van der Waals surface area contributed by atoms with Crippen LogP contribution >= 0.6 is 0 Å². The number of rotatable bonds is 9. The number of carbonyl (C=O) groups is 1. The van der Waals surface area contributed by atoms with Gasteiger partial charge in [-0.2, -0.15) is 0 Å². The zero-order chi connectivity index (χ0) is 16.5. The highest BCUT2D eigenvalue weighted by Gasteiger charge is 2.17. The van der Waals surface area contributed by atoms with Crippen molar-refractivity contribution in [3.8, 4) is 5.75 Å². The zero-order valence-corrected chi connectivity index (χ0v) is 14.2. The van der Waals surface area contributed by atoms with Crippen molar-refractivity contribution in [1.29, 1.82) is 0 Å². The molecule has 0 amide bonds. The van der Waals surface area contributed by atoms with Crippen LogP contribution in [0.5, 0.6) is 5.75 Å². The second kappa shape index (κ2) is 9.56. The fourth-order valence-corrected chi connectivity index (χ4v) is 3.14. The van der Waals surface area contributed by atoms with Crippen molar-refractivity contribution >= 4 is 5.97 Å². The van der Waals surface area contributed by atoms with Gasteiger partial charge in [-0.25, -0.2) is 0 Å². The van der Waals surface area contributed by atoms with Crippen molar-refractivity contribution in [3.63, 3.8) is 0 Å². The Hall–Kier alpha value is -1.55. The van der Waals surface area contributed by atoms with E-state index in [0.29, 0.717) is 0 Å². The summed E-state index contributed by atoms with van der Waals surface area (Å²) in [5, 5.41) is 8.76. The number of carboxylic acids is 1. The molecule has 1 aliphatic heterocycles. The maximum atomic E-state index is 10.6. The lowest BCUT2D eigenvalue weighted by Crippen LogP contribution is -2.27. The van der Waals surface area contributed by atoms with E-state index in [2.05, 4.69) is 30.0 Å². The molecule has 0 bridgehead atoms. The van der Waals surface area contributed by atoms with Crippen LogP contribution in [-0.4, -0.2) is 42.2 Å². The number of aliphatic carboxylic acids is 1. The second-order valence-electron chi connectivity index (χ2n) is 6.29. The second-order valence-corrected chi connectivity index (χ2v) is 6.29. The molecule has 4 nitrogen and oxygen atoms in total. The van der Waals surface area contributed by atoms with Gasteiger partial charge in [0.15, 0.2) is 0 Å². The van der Waals surface area contributed by atoms with Gasteiger partial charge in [-0.1, -0.05) is 31.9 Å². The minimum atomic E-state index is -0.703. The summed E-state index contributed by atoms with van der Waals surface area (Å²) >= 11 is 0. The highest BCUT2D eigenvalue weighted by molar-refractivity contribution is 5.66. The number of unbranched alkanes of at least 4 members (excludes halogenated alkanes) is 2. The highest BCUT2D eigenvalue weighted by atomic mass is 16.5. The number of hydrogen-bond donors (Lipinski definition) is 1. The minimum absolute atomic E-state index is 0.259. The van der Waals surface area contributed by atoms with E-state index in [4.69, 9.17) is 9.84 Å². The zero-order valence-electron chi connectivity index (χ0n) is 14.2. The van der Waals surface area contributed by atoms with Crippen LogP contribution in [0.4, 0.5) is 0 Å². The van der Waals surface area contributed by atoms with Crippen molar-refractivity contribution in [3.05, 3.63) is 29.3 Å². The minimum Gasteiger partial charge on any atom is -0.493 e. The lowest BCUT2D eigenvalue weighted by atomic mass is 10.0. The molecule has 1 aromatic carbocycles. The van der Waals surface area contributed by atoms with Crippen LogP contribution < -0.4 is 4.74 Å². The molecule has 0 atom stereocenters. The van der Waals surface area contributed by atoms with Crippen molar-refractivity contribution in [2.45, 2.75) is 51.9 Å². The molecule has 1 aliphatic rings. The molecule has 1 heterocycles. The normalized spacial score (nSPS) is 15.0. The van der Waals surface area contributed by atoms with Gasteiger partial charge in [0.25, 0.3) is 0 Å². The summed E-state index contributed by atoms with van der Waals surface area (Å²) < 4.78 is 6.01. The first-order valence-corrected chi connectivity index (χ1v) is 8.88. The quantitative estimate of drug-likeness (QED) is 0.708. The average Bonchev–Trinajstić information content (AvgIpc) is 2.74. The van der Waals surface area contributed by atoms with Crippen LogP contribution in [0, 0.1) is 0 Å². The van der Waals surface area contributed by atoms with Crippen molar-refractivity contribution in [2.75, 3.05) is 26.2 Å². The van der Waals surface area contributed by atoms with Gasteiger partial charge in [0.1, 0.15) is 5.75 Å². The molecule has 0 saturated heterocycles. The van der Waals surface area contributed by atoms with E-state index in [-0.39, 0.29) is 6.42 Å². The van der Waals surface area contributed by atoms with Crippen LogP contribution in [0.2, 0.25) is 0 Å². The largest absolute Gasteiger partial charge is 0.493 e. The van der Waals surface area contributed by atoms with E-state index in [9.17, 15) is 4.79 Å². The Kier molecular flexibility index (Phi) is 7.40. The Labute approximate surface area is 139 Å². The number of fused-ring (bicyclic) bond motifs is 1. The Bertz CT molecular complexity index is 501. The Morgan fingerprint density at radius 3 is 2.83 bits per heavy atom. The van der Waals surface area contributed by atoms with Crippen LogP contribution in [0.15, 0.2) is 18.2 Å². The molecule has 0 fully saturated rings. The fourth-order valence-electron chi connectivity index (χ4n) is 3.14. The summed E-state index contributed by atoms with van der Waals surface area (Å²) in [7, 11) is 0. The number of ether oxygens (including phenoxy) is 1. The van der Waals surface area contributed by atoms with E-state index in [0.717, 1.165) is 57.7 Å². The molecular formula is C19H29NO3. The monoisotopic (exact) mass is 319 g/mol. The van der Waals surface area contributed by atoms with E-state index < -0.39 is 5.97 Å². The number of hydrogen-bond acceptors (Lipinski definition) is 3. The Morgan fingerprint density at radius 2 is 2.04 bits per heavy atom. The van der Waals surface area contributed by atoms with Crippen LogP contribution in [0.3, 0.4) is 0 Å². The molecule has 0 aromatic heterocycles. The van der Waals surface area contributed by atoms with Gasteiger partial charge in [0, 0.05) is 19.5 Å². The van der Waals surface area contributed by atoms with Gasteiger partial charge in [-0.3, -0.25) is 4.79 Å². The van der Waals surface area contributed by atoms with E-state index in [1.54, 1.807) is 0 Å². The molecule has 4 heteroatoms. The first-order valence-electron chi connectivity index (χ1n) is 8.88. The molecule has 0 spiro atoms. The molecular weight excluding hydrogens is 290 g/mol. The maximum absolute atomic E-state index is 10.6. The third-order valence-electron chi connectivity index (χ3n) is 4.48. The lowest BCUT2D eigenvalue weighted by Gasteiger charge is -2.19. The third-order valence-corrected chi connectivity index (χ3v) is 4.48. The van der Waals surface area contributed by atoms with E-state index in [1.807, 2.05) is 0 Å². The predicted octanol–water partition coefficient (Wildman–Crippen LogP) is 3.52. The topological polar surface area (TPSA) is 49.8 Å². The van der Waals surface area contributed by atoms with Gasteiger partial charge in [-0.05, 0) is 49.4 Å². The molecule has 0 aliphatic carbocycles. The van der Waals surface area contributed by atoms with Crippen LogP contribution in [-0.2, 0) is 17.6 Å². The predicted molar refractivity (Wildman–Crippen MR) is 92.2 cm³/mol. The van der Waals surface area contributed by atoms with Gasteiger partial charge >= 0.3 is 5.97 Å². The molecule has 2 rings (SSSR count). The van der Waals surface area contributed by atoms with Crippen LogP contribution in [0.25, 0.3) is 0 Å². The summed E-state index contributed by atoms with van der Waals surface area (Å²) in [6.07, 6.45) is 6.54. The molecule has 0 saturated carbocycles. The molecule has 0 unspecified atom stereocenters. The Balaban J connectivity index is 1.89. The summed E-state index contributed by atoms with van der Waals surface area (Å²) in [5.74, 6) is 0.344. The van der Waals surface area contributed by atoms with Crippen molar-refractivity contribution in [2.24, 2.45) is 0 Å². The van der Waals surface area contributed by atoms with Gasteiger partial charge in [0.05, 0.1) is 6.61 Å². The summed E-state index contributed by atoms with van der Waals surface area (Å²) in [4.78, 5) is 13.0. The molecule has 1 aromatic rings. The van der Waals surface area contributed by atoms with Gasteiger partial charge in [0.2, 0.25) is 0 Å². The maximum Gasteiger partial charge on any atom is 0.303 e. The fraction of sp³-hybridized carbons (Fsp3) is 0.632. The van der Waals surface area contributed by atoms with Gasteiger partial charge in [-0.15, -0.1) is 0 Å². The highest BCUT2D eigenvalue weighted by Crippen LogP contribution is 2.26. The lowest BCUT2D eigenvalue weighted by molar-refractivity contribution is -0.137.